The van der Waals surface area contributed by atoms with E-state index < -0.39 is 0 Å². The first-order chi connectivity index (χ1) is 7.42. The van der Waals surface area contributed by atoms with Gasteiger partial charge in [0.1, 0.15) is 0 Å². The minimum Gasteiger partial charge on any atom is -0.468 e. The summed E-state index contributed by atoms with van der Waals surface area (Å²) in [5.74, 6) is 0. The summed E-state index contributed by atoms with van der Waals surface area (Å²) >= 11 is 0. The SMILES string of the molecule is O=COCCc1ccccc2cccc1-2. The second kappa shape index (κ2) is 4.60. The van der Waals surface area contributed by atoms with E-state index >= 15 is 0 Å². The van der Waals surface area contributed by atoms with Gasteiger partial charge < -0.3 is 4.74 Å². The molecule has 15 heavy (non-hydrogen) atoms. The summed E-state index contributed by atoms with van der Waals surface area (Å²) in [6.07, 6.45) is 0.758. The van der Waals surface area contributed by atoms with Gasteiger partial charge in [-0.25, -0.2) is 0 Å². The lowest BCUT2D eigenvalue weighted by Crippen LogP contribution is -1.96. The first-order valence-corrected chi connectivity index (χ1v) is 4.94. The summed E-state index contributed by atoms with van der Waals surface area (Å²) in [5, 5.41) is 0. The van der Waals surface area contributed by atoms with E-state index in [1.165, 1.54) is 16.7 Å². The second-order valence-corrected chi connectivity index (χ2v) is 3.36. The van der Waals surface area contributed by atoms with Crippen molar-refractivity contribution in [2.75, 3.05) is 6.61 Å². The van der Waals surface area contributed by atoms with Gasteiger partial charge >= 0.3 is 0 Å². The van der Waals surface area contributed by atoms with Crippen molar-refractivity contribution < 1.29 is 9.53 Å². The molecule has 0 unspecified atom stereocenters. The standard InChI is InChI=1S/C13H12O2/c14-10-15-9-8-12-5-2-1-4-11-6-3-7-13(11)12/h1-7,10H,8-9H2. The molecule has 2 rings (SSSR count). The molecule has 0 bridgehead atoms. The molecule has 0 radical (unpaired) electrons. The maximum atomic E-state index is 10.0. The van der Waals surface area contributed by atoms with Crippen LogP contribution in [0.2, 0.25) is 0 Å². The minimum absolute atomic E-state index is 0.438. The first-order valence-electron chi connectivity index (χ1n) is 4.94. The van der Waals surface area contributed by atoms with Crippen LogP contribution in [0.4, 0.5) is 0 Å². The van der Waals surface area contributed by atoms with Crippen molar-refractivity contribution >= 4 is 6.47 Å². The molecule has 0 amide bonds. The highest BCUT2D eigenvalue weighted by molar-refractivity contribution is 5.69. The van der Waals surface area contributed by atoms with Crippen LogP contribution in [-0.4, -0.2) is 13.1 Å². The summed E-state index contributed by atoms with van der Waals surface area (Å²) in [4.78, 5) is 10.0. The van der Waals surface area contributed by atoms with E-state index in [1.807, 2.05) is 18.2 Å². The summed E-state index contributed by atoms with van der Waals surface area (Å²) in [7, 11) is 0. The van der Waals surface area contributed by atoms with Crippen molar-refractivity contribution in [3.05, 3.63) is 48.0 Å². The summed E-state index contributed by atoms with van der Waals surface area (Å²) in [5.41, 5.74) is 3.66. The molecule has 0 aliphatic heterocycles. The highest BCUT2D eigenvalue weighted by Gasteiger charge is 2.05. The van der Waals surface area contributed by atoms with Crippen LogP contribution in [0.1, 0.15) is 5.56 Å². The lowest BCUT2D eigenvalue weighted by Gasteiger charge is -2.02. The van der Waals surface area contributed by atoms with E-state index in [0.29, 0.717) is 13.1 Å². The number of hydrogen-bond donors (Lipinski definition) is 0. The molecule has 0 spiro atoms. The zero-order valence-corrected chi connectivity index (χ0v) is 8.35. The highest BCUT2D eigenvalue weighted by Crippen LogP contribution is 2.25. The van der Waals surface area contributed by atoms with Crippen LogP contribution >= 0.6 is 0 Å². The molecule has 0 aromatic heterocycles. The van der Waals surface area contributed by atoms with Crippen LogP contribution in [0, 0.1) is 0 Å². The Morgan fingerprint density at radius 3 is 2.73 bits per heavy atom. The van der Waals surface area contributed by atoms with Gasteiger partial charge in [-0.15, -0.1) is 0 Å². The number of carbonyl (C=O) groups excluding carboxylic acids is 1. The van der Waals surface area contributed by atoms with Crippen LogP contribution in [0.15, 0.2) is 42.5 Å². The molecule has 0 saturated carbocycles. The van der Waals surface area contributed by atoms with E-state index in [-0.39, 0.29) is 0 Å². The molecule has 0 aromatic rings. The minimum atomic E-state index is 0.438. The van der Waals surface area contributed by atoms with Gasteiger partial charge in [-0.05, 0) is 16.7 Å². The van der Waals surface area contributed by atoms with Crippen LogP contribution in [0.25, 0.3) is 11.1 Å². The quantitative estimate of drug-likeness (QED) is 0.560. The van der Waals surface area contributed by atoms with Gasteiger partial charge in [-0.2, -0.15) is 0 Å². The Morgan fingerprint density at radius 1 is 1.07 bits per heavy atom. The maximum Gasteiger partial charge on any atom is 0.293 e. The number of rotatable bonds is 4. The Morgan fingerprint density at radius 2 is 1.87 bits per heavy atom. The van der Waals surface area contributed by atoms with Crippen molar-refractivity contribution in [2.24, 2.45) is 0 Å². The second-order valence-electron chi connectivity index (χ2n) is 3.36. The zero-order valence-electron chi connectivity index (χ0n) is 8.35. The van der Waals surface area contributed by atoms with Gasteiger partial charge in [0, 0.05) is 6.42 Å². The summed E-state index contributed by atoms with van der Waals surface area (Å²) < 4.78 is 4.71. The van der Waals surface area contributed by atoms with E-state index in [4.69, 9.17) is 4.74 Å². The van der Waals surface area contributed by atoms with E-state index in [2.05, 4.69) is 24.3 Å². The van der Waals surface area contributed by atoms with Crippen molar-refractivity contribution in [3.63, 3.8) is 0 Å². The normalized spacial score (nSPS) is 10.1. The van der Waals surface area contributed by atoms with Gasteiger partial charge in [0.25, 0.3) is 6.47 Å². The third kappa shape index (κ3) is 2.15. The van der Waals surface area contributed by atoms with Gasteiger partial charge in [0.15, 0.2) is 0 Å². The third-order valence-corrected chi connectivity index (χ3v) is 2.44. The largest absolute Gasteiger partial charge is 0.468 e. The van der Waals surface area contributed by atoms with E-state index in [1.54, 1.807) is 0 Å². The molecular formula is C13H12O2. The number of ether oxygens (including phenoxy) is 1. The van der Waals surface area contributed by atoms with Crippen molar-refractivity contribution in [3.8, 4) is 11.1 Å². The zero-order chi connectivity index (χ0) is 10.5. The lowest BCUT2D eigenvalue weighted by atomic mass is 10.1. The monoisotopic (exact) mass is 200 g/mol. The van der Waals surface area contributed by atoms with Gasteiger partial charge in [0.2, 0.25) is 0 Å². The molecule has 76 valence electrons. The molecule has 0 heterocycles. The molecule has 0 N–H and O–H groups in total. The molecule has 2 aliphatic carbocycles. The van der Waals surface area contributed by atoms with Crippen LogP contribution in [-0.2, 0) is 16.0 Å². The van der Waals surface area contributed by atoms with Crippen LogP contribution < -0.4 is 0 Å². The Hall–Kier alpha value is -1.83. The fourth-order valence-electron chi connectivity index (χ4n) is 1.73. The number of fused-ring (bicyclic) bond motifs is 1. The number of carbonyl (C=O) groups is 1. The van der Waals surface area contributed by atoms with Gasteiger partial charge in [-0.3, -0.25) is 4.79 Å². The summed E-state index contributed by atoms with van der Waals surface area (Å²) in [6, 6.07) is 14.4. The molecule has 0 saturated heterocycles. The van der Waals surface area contributed by atoms with E-state index in [0.717, 1.165) is 6.42 Å². The predicted molar refractivity (Wildman–Crippen MR) is 58.8 cm³/mol. The summed E-state index contributed by atoms with van der Waals surface area (Å²) in [6.45, 7) is 0.929. The van der Waals surface area contributed by atoms with Gasteiger partial charge in [-0.1, -0.05) is 42.5 Å². The Balaban J connectivity index is 2.25. The maximum absolute atomic E-state index is 10.0. The fraction of sp³-hybridized carbons (Fsp3) is 0.154. The lowest BCUT2D eigenvalue weighted by molar-refractivity contribution is -0.128. The van der Waals surface area contributed by atoms with Crippen molar-refractivity contribution in [1.29, 1.82) is 0 Å². The Labute approximate surface area is 88.8 Å². The predicted octanol–water partition coefficient (Wildman–Crippen LogP) is 2.51. The molecule has 0 atom stereocenters. The third-order valence-electron chi connectivity index (χ3n) is 2.44. The van der Waals surface area contributed by atoms with Crippen molar-refractivity contribution in [1.82, 2.24) is 0 Å². The average Bonchev–Trinajstić information content (AvgIpc) is 2.63. The average molecular weight is 200 g/mol. The Kier molecular flexibility index (Phi) is 2.98. The van der Waals surface area contributed by atoms with Gasteiger partial charge in [0.05, 0.1) is 6.61 Å². The Bertz CT molecular complexity index is 423. The molecule has 0 fully saturated rings. The molecule has 0 aromatic carbocycles. The first kappa shape index (κ1) is 9.71. The highest BCUT2D eigenvalue weighted by atomic mass is 16.5. The van der Waals surface area contributed by atoms with Crippen molar-refractivity contribution in [2.45, 2.75) is 6.42 Å². The number of hydrogen-bond acceptors (Lipinski definition) is 2. The fourth-order valence-corrected chi connectivity index (χ4v) is 1.73. The molecule has 2 aliphatic rings. The molecular weight excluding hydrogens is 188 g/mol. The topological polar surface area (TPSA) is 26.3 Å². The van der Waals surface area contributed by atoms with Crippen LogP contribution in [0.3, 0.4) is 0 Å². The molecule has 2 nitrogen and oxygen atoms in total. The van der Waals surface area contributed by atoms with Crippen LogP contribution in [0.5, 0.6) is 0 Å². The smallest absolute Gasteiger partial charge is 0.293 e. The molecule has 2 heteroatoms. The van der Waals surface area contributed by atoms with E-state index in [9.17, 15) is 4.79 Å².